The van der Waals surface area contributed by atoms with E-state index < -0.39 is 16.4 Å². The third-order valence-corrected chi connectivity index (χ3v) is 8.43. The van der Waals surface area contributed by atoms with Crippen molar-refractivity contribution in [1.29, 1.82) is 0 Å². The molecule has 0 aliphatic rings. The van der Waals surface area contributed by atoms with Gasteiger partial charge >= 0.3 is 16.4 Å². The molecule has 104 valence electrons. The van der Waals surface area contributed by atoms with Crippen molar-refractivity contribution in [3.63, 3.8) is 0 Å². The van der Waals surface area contributed by atoms with Crippen molar-refractivity contribution in [3.05, 3.63) is 0 Å². The molecule has 0 N–H and O–H groups in total. The summed E-state index contributed by atoms with van der Waals surface area (Å²) in [7, 11) is -3.51. The maximum Gasteiger partial charge on any atom is 0.513 e. The van der Waals surface area contributed by atoms with Crippen molar-refractivity contribution in [2.75, 3.05) is 39.8 Å². The Morgan fingerprint density at radius 2 is 1.24 bits per heavy atom. The van der Waals surface area contributed by atoms with Crippen LogP contribution >= 0.6 is 7.60 Å². The Labute approximate surface area is 104 Å². The van der Waals surface area contributed by atoms with Gasteiger partial charge in [-0.1, -0.05) is 0 Å². The third-order valence-electron chi connectivity index (χ3n) is 2.04. The van der Waals surface area contributed by atoms with Gasteiger partial charge in [-0.05, 0) is 20.8 Å². The molecule has 0 unspecified atom stereocenters. The first kappa shape index (κ1) is 17.2. The van der Waals surface area contributed by atoms with Crippen LogP contribution in [0.2, 0.25) is 0 Å². The molecule has 0 aromatic heterocycles. The van der Waals surface area contributed by atoms with E-state index in [-0.39, 0.29) is 5.79 Å². The van der Waals surface area contributed by atoms with Crippen molar-refractivity contribution < 1.29 is 26.9 Å². The largest absolute Gasteiger partial charge is 0.513 e. The molecular formula is C9H23O6PSi. The molecule has 0 radical (unpaired) electrons. The van der Waals surface area contributed by atoms with Crippen LogP contribution in [-0.2, 0) is 26.9 Å². The molecule has 0 fully saturated rings. The van der Waals surface area contributed by atoms with Gasteiger partial charge in [0.25, 0.3) is 0 Å². The van der Waals surface area contributed by atoms with Gasteiger partial charge in [0.15, 0.2) is 0 Å². The van der Waals surface area contributed by atoms with Crippen LogP contribution in [0, 0.1) is 0 Å². The van der Waals surface area contributed by atoms with Gasteiger partial charge in [0.05, 0.1) is 0 Å². The van der Waals surface area contributed by atoms with Crippen LogP contribution in [0.1, 0.15) is 20.8 Å². The molecule has 0 saturated heterocycles. The molecule has 0 atom stereocenters. The molecule has 0 amide bonds. The smallest absolute Gasteiger partial charge is 0.373 e. The fourth-order valence-electron chi connectivity index (χ4n) is 1.36. The lowest BCUT2D eigenvalue weighted by atomic mass is 10.9. The zero-order valence-electron chi connectivity index (χ0n) is 11.2. The molecule has 8 heteroatoms. The SMILES string of the molecule is CCO[Si](CP(=O)(OC)OC)(OCC)OCC. The average molecular weight is 286 g/mol. The van der Waals surface area contributed by atoms with Gasteiger partial charge in [-0.25, -0.2) is 0 Å². The summed E-state index contributed by atoms with van der Waals surface area (Å²) in [4.78, 5) is 0. The monoisotopic (exact) mass is 286 g/mol. The lowest BCUT2D eigenvalue weighted by Gasteiger charge is -2.30. The van der Waals surface area contributed by atoms with Gasteiger partial charge in [0, 0.05) is 34.0 Å². The molecule has 0 rings (SSSR count). The Bertz CT molecular complexity index is 225. The summed E-state index contributed by atoms with van der Waals surface area (Å²) in [5.74, 6) is 0.0303. The Kier molecular flexibility index (Phi) is 8.49. The van der Waals surface area contributed by atoms with Gasteiger partial charge in [-0.15, -0.1) is 0 Å². The maximum atomic E-state index is 12.1. The van der Waals surface area contributed by atoms with E-state index in [0.717, 1.165) is 0 Å². The van der Waals surface area contributed by atoms with Crippen molar-refractivity contribution in [3.8, 4) is 0 Å². The summed E-state index contributed by atoms with van der Waals surface area (Å²) >= 11 is 0. The van der Waals surface area contributed by atoms with Gasteiger partial charge in [-0.2, -0.15) is 0 Å². The number of hydrogen-bond acceptors (Lipinski definition) is 6. The second-order valence-electron chi connectivity index (χ2n) is 3.12. The summed E-state index contributed by atoms with van der Waals surface area (Å²) in [6, 6.07) is 0. The molecule has 0 aromatic rings. The molecule has 0 bridgehead atoms. The second kappa shape index (κ2) is 8.37. The molecule has 0 aromatic carbocycles. The minimum absolute atomic E-state index is 0.0303. The van der Waals surface area contributed by atoms with E-state index >= 15 is 0 Å². The van der Waals surface area contributed by atoms with E-state index in [1.54, 1.807) is 0 Å². The molecule has 0 aliphatic heterocycles. The van der Waals surface area contributed by atoms with Crippen LogP contribution in [-0.4, -0.2) is 48.6 Å². The summed E-state index contributed by atoms with van der Waals surface area (Å²) in [6.07, 6.45) is 0. The number of hydrogen-bond donors (Lipinski definition) is 0. The van der Waals surface area contributed by atoms with Crippen LogP contribution in [0.3, 0.4) is 0 Å². The topological polar surface area (TPSA) is 63.2 Å². The second-order valence-corrected chi connectivity index (χ2v) is 8.57. The molecule has 17 heavy (non-hydrogen) atoms. The summed E-state index contributed by atoms with van der Waals surface area (Å²) in [6.45, 7) is 6.80. The predicted octanol–water partition coefficient (Wildman–Crippen LogP) is 2.06. The zero-order valence-corrected chi connectivity index (χ0v) is 13.1. The molecule has 0 spiro atoms. The molecular weight excluding hydrogens is 263 g/mol. The fourth-order valence-corrected chi connectivity index (χ4v) is 7.11. The molecule has 6 nitrogen and oxygen atoms in total. The van der Waals surface area contributed by atoms with Crippen molar-refractivity contribution >= 4 is 16.4 Å². The predicted molar refractivity (Wildman–Crippen MR) is 67.1 cm³/mol. The van der Waals surface area contributed by atoms with Crippen molar-refractivity contribution in [1.82, 2.24) is 0 Å². The quantitative estimate of drug-likeness (QED) is 0.452. The lowest BCUT2D eigenvalue weighted by Crippen LogP contribution is -2.50. The highest BCUT2D eigenvalue weighted by Crippen LogP contribution is 2.48. The Hall–Kier alpha value is 0.247. The van der Waals surface area contributed by atoms with Gasteiger partial charge in [0.1, 0.15) is 5.79 Å². The zero-order chi connectivity index (χ0) is 13.4. The highest BCUT2D eigenvalue weighted by atomic mass is 31.2. The first-order valence-corrected chi connectivity index (χ1v) is 9.29. The maximum absolute atomic E-state index is 12.1. The fraction of sp³-hybridized carbons (Fsp3) is 1.00. The van der Waals surface area contributed by atoms with Crippen LogP contribution in [0.25, 0.3) is 0 Å². The first-order chi connectivity index (χ1) is 8.01. The van der Waals surface area contributed by atoms with Crippen molar-refractivity contribution in [2.45, 2.75) is 20.8 Å². The lowest BCUT2D eigenvalue weighted by molar-refractivity contribution is 0.0748. The Morgan fingerprint density at radius 3 is 1.47 bits per heavy atom. The van der Waals surface area contributed by atoms with E-state index in [9.17, 15) is 4.57 Å². The highest BCUT2D eigenvalue weighted by Gasteiger charge is 2.48. The van der Waals surface area contributed by atoms with Crippen LogP contribution in [0.15, 0.2) is 0 Å². The van der Waals surface area contributed by atoms with Crippen LogP contribution in [0.5, 0.6) is 0 Å². The van der Waals surface area contributed by atoms with Gasteiger partial charge in [0.2, 0.25) is 0 Å². The minimum Gasteiger partial charge on any atom is -0.373 e. The van der Waals surface area contributed by atoms with E-state index in [0.29, 0.717) is 19.8 Å². The van der Waals surface area contributed by atoms with E-state index in [2.05, 4.69) is 0 Å². The normalized spacial score (nSPS) is 13.0. The van der Waals surface area contributed by atoms with Gasteiger partial charge < -0.3 is 22.3 Å². The van der Waals surface area contributed by atoms with E-state index in [1.807, 2.05) is 20.8 Å². The van der Waals surface area contributed by atoms with Gasteiger partial charge in [-0.3, -0.25) is 4.57 Å². The highest BCUT2D eigenvalue weighted by molar-refractivity contribution is 7.56. The van der Waals surface area contributed by atoms with E-state index in [1.165, 1.54) is 14.2 Å². The Balaban J connectivity index is 4.92. The summed E-state index contributed by atoms with van der Waals surface area (Å²) < 4.78 is 38.7. The van der Waals surface area contributed by atoms with E-state index in [4.69, 9.17) is 22.3 Å². The summed E-state index contributed by atoms with van der Waals surface area (Å²) in [5, 5.41) is 0. The standard InChI is InChI=1S/C9H23O6PSi/c1-6-13-17(14-7-2,15-8-3)9-16(10,11-4)12-5/h6-9H2,1-5H3. The first-order valence-electron chi connectivity index (χ1n) is 5.63. The summed E-state index contributed by atoms with van der Waals surface area (Å²) in [5.41, 5.74) is 0. The van der Waals surface area contributed by atoms with Crippen molar-refractivity contribution in [2.24, 2.45) is 0 Å². The number of rotatable bonds is 10. The molecule has 0 saturated carbocycles. The van der Waals surface area contributed by atoms with Crippen LogP contribution in [0.4, 0.5) is 0 Å². The average Bonchev–Trinajstić information content (AvgIpc) is 2.30. The molecule has 0 heterocycles. The third kappa shape index (κ3) is 5.61. The molecule has 0 aliphatic carbocycles. The van der Waals surface area contributed by atoms with Crippen LogP contribution < -0.4 is 0 Å². The Morgan fingerprint density at radius 1 is 0.882 bits per heavy atom. The minimum atomic E-state index is -3.21.